The summed E-state index contributed by atoms with van der Waals surface area (Å²) < 4.78 is 5.58. The molecule has 2 heterocycles. The van der Waals surface area contributed by atoms with Gasteiger partial charge in [-0.15, -0.1) is 0 Å². The first kappa shape index (κ1) is 13.3. The fraction of sp³-hybridized carbons (Fsp3) is 0.438. The van der Waals surface area contributed by atoms with Crippen molar-refractivity contribution < 1.29 is 4.74 Å². The third-order valence-corrected chi connectivity index (χ3v) is 3.92. The second-order valence-electron chi connectivity index (χ2n) is 5.71. The van der Waals surface area contributed by atoms with Crippen LogP contribution in [0.15, 0.2) is 36.5 Å². The fourth-order valence-corrected chi connectivity index (χ4v) is 2.68. The maximum atomic E-state index is 5.58. The van der Waals surface area contributed by atoms with Crippen LogP contribution in [0.3, 0.4) is 0 Å². The Hall–Kier alpha value is -1.65. The molecule has 3 rings (SSSR count). The summed E-state index contributed by atoms with van der Waals surface area (Å²) in [5.74, 6) is 0. The number of aromatic nitrogens is 2. The molecule has 0 aliphatic carbocycles. The van der Waals surface area contributed by atoms with E-state index < -0.39 is 0 Å². The Morgan fingerprint density at radius 2 is 2.20 bits per heavy atom. The molecular weight excluding hydrogens is 250 g/mol. The second-order valence-corrected chi connectivity index (χ2v) is 5.71. The highest BCUT2D eigenvalue weighted by Gasteiger charge is 2.27. The number of hydrogen-bond donors (Lipinski definition) is 2. The molecule has 2 aromatic rings. The van der Waals surface area contributed by atoms with Crippen LogP contribution in [0.1, 0.15) is 25.3 Å². The zero-order chi connectivity index (χ0) is 13.8. The molecule has 4 heteroatoms. The van der Waals surface area contributed by atoms with Gasteiger partial charge in [0.25, 0.3) is 0 Å². The van der Waals surface area contributed by atoms with E-state index in [0.29, 0.717) is 0 Å². The Morgan fingerprint density at radius 3 is 2.95 bits per heavy atom. The number of rotatable bonds is 4. The van der Waals surface area contributed by atoms with Crippen molar-refractivity contribution in [2.45, 2.75) is 31.8 Å². The Labute approximate surface area is 119 Å². The van der Waals surface area contributed by atoms with Gasteiger partial charge in [0, 0.05) is 24.3 Å². The van der Waals surface area contributed by atoms with Crippen LogP contribution >= 0.6 is 0 Å². The average Bonchev–Trinajstić information content (AvgIpc) is 2.95. The number of aromatic amines is 1. The van der Waals surface area contributed by atoms with Crippen LogP contribution < -0.4 is 5.32 Å². The van der Waals surface area contributed by atoms with Crippen molar-refractivity contribution in [1.82, 2.24) is 15.5 Å². The summed E-state index contributed by atoms with van der Waals surface area (Å²) in [6.45, 7) is 4.71. The van der Waals surface area contributed by atoms with Gasteiger partial charge >= 0.3 is 0 Å². The van der Waals surface area contributed by atoms with Crippen molar-refractivity contribution in [3.63, 3.8) is 0 Å². The van der Waals surface area contributed by atoms with Crippen LogP contribution in [0.25, 0.3) is 11.3 Å². The number of nitrogens with zero attached hydrogens (tertiary/aromatic N) is 1. The predicted molar refractivity (Wildman–Crippen MR) is 79.3 cm³/mol. The highest BCUT2D eigenvalue weighted by Crippen LogP contribution is 2.23. The van der Waals surface area contributed by atoms with Crippen molar-refractivity contribution >= 4 is 0 Å². The van der Waals surface area contributed by atoms with Crippen LogP contribution in [0.2, 0.25) is 0 Å². The lowest BCUT2D eigenvalue weighted by Crippen LogP contribution is -2.48. The van der Waals surface area contributed by atoms with Gasteiger partial charge in [0.2, 0.25) is 0 Å². The van der Waals surface area contributed by atoms with E-state index in [2.05, 4.69) is 34.6 Å². The molecule has 1 saturated heterocycles. The molecule has 20 heavy (non-hydrogen) atoms. The van der Waals surface area contributed by atoms with Crippen LogP contribution in [0, 0.1) is 0 Å². The van der Waals surface area contributed by atoms with Crippen molar-refractivity contribution in [3.8, 4) is 11.3 Å². The summed E-state index contributed by atoms with van der Waals surface area (Å²) in [4.78, 5) is 0. The number of H-pyrrole nitrogens is 1. The second kappa shape index (κ2) is 5.77. The Morgan fingerprint density at radius 1 is 1.35 bits per heavy atom. The topological polar surface area (TPSA) is 49.9 Å². The molecule has 1 aliphatic heterocycles. The van der Waals surface area contributed by atoms with Gasteiger partial charge in [0.1, 0.15) is 0 Å². The third-order valence-electron chi connectivity index (χ3n) is 3.92. The van der Waals surface area contributed by atoms with E-state index in [9.17, 15) is 0 Å². The van der Waals surface area contributed by atoms with Crippen molar-refractivity contribution in [1.29, 1.82) is 0 Å². The molecule has 1 atom stereocenters. The molecule has 0 bridgehead atoms. The van der Waals surface area contributed by atoms with E-state index in [1.807, 2.05) is 24.4 Å². The molecule has 0 spiro atoms. The van der Waals surface area contributed by atoms with E-state index in [1.54, 1.807) is 0 Å². The minimum Gasteiger partial charge on any atom is -0.380 e. The van der Waals surface area contributed by atoms with Gasteiger partial charge in [0.15, 0.2) is 0 Å². The molecule has 1 aromatic heterocycles. The maximum Gasteiger partial charge on any atom is 0.0695 e. The van der Waals surface area contributed by atoms with Crippen LogP contribution in [0.4, 0.5) is 0 Å². The maximum absolute atomic E-state index is 5.58. The molecule has 0 amide bonds. The summed E-state index contributed by atoms with van der Waals surface area (Å²) in [7, 11) is 0. The third kappa shape index (κ3) is 2.92. The molecule has 4 nitrogen and oxygen atoms in total. The molecule has 0 radical (unpaired) electrons. The van der Waals surface area contributed by atoms with Crippen LogP contribution in [-0.4, -0.2) is 29.0 Å². The molecular formula is C16H21N3O. The van der Waals surface area contributed by atoms with Crippen molar-refractivity contribution in [2.24, 2.45) is 0 Å². The standard InChI is InChI=1S/C16H21N3O/c1-16(8-5-9-20-12-16)17-10-14-11-18-19-15(14)13-6-3-2-4-7-13/h2-4,6-7,11,17H,5,8-10,12H2,1H3,(H,18,19). The summed E-state index contributed by atoms with van der Waals surface area (Å²) in [5.41, 5.74) is 3.54. The summed E-state index contributed by atoms with van der Waals surface area (Å²) in [6, 6.07) is 10.3. The van der Waals surface area contributed by atoms with E-state index in [-0.39, 0.29) is 5.54 Å². The Kier molecular flexibility index (Phi) is 3.85. The number of benzene rings is 1. The zero-order valence-electron chi connectivity index (χ0n) is 11.9. The highest BCUT2D eigenvalue weighted by atomic mass is 16.5. The number of hydrogen-bond acceptors (Lipinski definition) is 3. The largest absolute Gasteiger partial charge is 0.380 e. The van der Waals surface area contributed by atoms with Gasteiger partial charge in [-0.25, -0.2) is 0 Å². The minimum atomic E-state index is 0.0729. The molecule has 106 valence electrons. The van der Waals surface area contributed by atoms with Gasteiger partial charge in [-0.2, -0.15) is 5.10 Å². The van der Waals surface area contributed by atoms with Gasteiger partial charge in [-0.05, 0) is 25.3 Å². The number of nitrogens with one attached hydrogen (secondary N) is 2. The smallest absolute Gasteiger partial charge is 0.0695 e. The first-order valence-electron chi connectivity index (χ1n) is 7.17. The predicted octanol–water partition coefficient (Wildman–Crippen LogP) is 2.74. The van der Waals surface area contributed by atoms with Gasteiger partial charge in [0.05, 0.1) is 18.5 Å². The zero-order valence-corrected chi connectivity index (χ0v) is 11.9. The van der Waals surface area contributed by atoms with Gasteiger partial charge < -0.3 is 10.1 Å². The monoisotopic (exact) mass is 271 g/mol. The van der Waals surface area contributed by atoms with E-state index in [0.717, 1.165) is 38.3 Å². The van der Waals surface area contributed by atoms with E-state index in [4.69, 9.17) is 4.74 Å². The summed E-state index contributed by atoms with van der Waals surface area (Å²) >= 11 is 0. The van der Waals surface area contributed by atoms with Crippen molar-refractivity contribution in [2.75, 3.05) is 13.2 Å². The first-order chi connectivity index (χ1) is 9.77. The summed E-state index contributed by atoms with van der Waals surface area (Å²) in [5, 5.41) is 10.9. The lowest BCUT2D eigenvalue weighted by atomic mass is 9.94. The van der Waals surface area contributed by atoms with Gasteiger partial charge in [-0.1, -0.05) is 30.3 Å². The lowest BCUT2D eigenvalue weighted by molar-refractivity contribution is 0.0278. The van der Waals surface area contributed by atoms with Crippen LogP contribution in [-0.2, 0) is 11.3 Å². The lowest BCUT2D eigenvalue weighted by Gasteiger charge is -2.34. The fourth-order valence-electron chi connectivity index (χ4n) is 2.68. The van der Waals surface area contributed by atoms with E-state index in [1.165, 1.54) is 11.1 Å². The minimum absolute atomic E-state index is 0.0729. The highest BCUT2D eigenvalue weighted by molar-refractivity contribution is 5.62. The van der Waals surface area contributed by atoms with Crippen LogP contribution in [0.5, 0.6) is 0 Å². The van der Waals surface area contributed by atoms with Gasteiger partial charge in [-0.3, -0.25) is 5.10 Å². The molecule has 1 aromatic carbocycles. The normalized spacial score (nSPS) is 22.9. The molecule has 0 saturated carbocycles. The quantitative estimate of drug-likeness (QED) is 0.899. The molecule has 1 fully saturated rings. The number of ether oxygens (including phenoxy) is 1. The Balaban J connectivity index is 1.71. The molecule has 1 aliphatic rings. The Bertz CT molecular complexity index is 544. The van der Waals surface area contributed by atoms with Crippen molar-refractivity contribution in [3.05, 3.63) is 42.1 Å². The average molecular weight is 271 g/mol. The molecule has 2 N–H and O–H groups in total. The first-order valence-corrected chi connectivity index (χ1v) is 7.17. The summed E-state index contributed by atoms with van der Waals surface area (Å²) in [6.07, 6.45) is 4.19. The molecule has 1 unspecified atom stereocenters. The SMILES string of the molecule is CC1(NCc2cn[nH]c2-c2ccccc2)CCCOC1. The van der Waals surface area contributed by atoms with E-state index >= 15 is 0 Å².